The van der Waals surface area contributed by atoms with E-state index >= 15 is 0 Å². The molecule has 1 amide bonds. The summed E-state index contributed by atoms with van der Waals surface area (Å²) < 4.78 is 54.1. The zero-order chi connectivity index (χ0) is 18.7. The molecule has 0 spiro atoms. The molecule has 3 aromatic rings. The molecule has 0 saturated carbocycles. The van der Waals surface area contributed by atoms with Crippen molar-refractivity contribution in [3.05, 3.63) is 89.7 Å². The van der Waals surface area contributed by atoms with Gasteiger partial charge in [0.1, 0.15) is 5.82 Å². The van der Waals surface area contributed by atoms with Crippen LogP contribution in [0.3, 0.4) is 0 Å². The van der Waals surface area contributed by atoms with Gasteiger partial charge in [-0.1, -0.05) is 48.5 Å². The van der Waals surface area contributed by atoms with Crippen molar-refractivity contribution in [1.29, 1.82) is 0 Å². The minimum Gasteiger partial charge on any atom is -0.322 e. The van der Waals surface area contributed by atoms with Crippen LogP contribution in [0.15, 0.2) is 72.8 Å². The Kier molecular flexibility index (Phi) is 4.75. The molecule has 0 unspecified atom stereocenters. The summed E-state index contributed by atoms with van der Waals surface area (Å²) in [7, 11) is 0. The molecule has 6 heteroatoms. The number of anilines is 1. The lowest BCUT2D eigenvalue weighted by atomic mass is 9.98. The number of hydrogen-bond donors (Lipinski definition) is 1. The highest BCUT2D eigenvalue weighted by molar-refractivity contribution is 6.04. The van der Waals surface area contributed by atoms with Gasteiger partial charge in [-0.25, -0.2) is 4.39 Å². The summed E-state index contributed by atoms with van der Waals surface area (Å²) >= 11 is 0. The van der Waals surface area contributed by atoms with E-state index in [1.165, 1.54) is 30.3 Å². The van der Waals surface area contributed by atoms with Crippen LogP contribution in [0.4, 0.5) is 23.2 Å². The van der Waals surface area contributed by atoms with Gasteiger partial charge in [-0.2, -0.15) is 13.2 Å². The highest BCUT2D eigenvalue weighted by Gasteiger charge is 2.34. The fraction of sp³-hybridized carbons (Fsp3) is 0.0500. The third kappa shape index (κ3) is 3.74. The molecule has 0 fully saturated rings. The molecule has 0 aromatic heterocycles. The fourth-order valence-corrected chi connectivity index (χ4v) is 2.57. The number of nitrogens with one attached hydrogen (secondary N) is 1. The first-order valence-corrected chi connectivity index (χ1v) is 7.69. The molecule has 3 aromatic carbocycles. The van der Waals surface area contributed by atoms with E-state index in [9.17, 15) is 22.4 Å². The van der Waals surface area contributed by atoms with E-state index in [1.807, 2.05) is 0 Å². The number of rotatable bonds is 3. The van der Waals surface area contributed by atoms with Crippen molar-refractivity contribution in [2.75, 3.05) is 5.32 Å². The largest absolute Gasteiger partial charge is 0.417 e. The Balaban J connectivity index is 1.98. The number of benzene rings is 3. The molecular weight excluding hydrogens is 346 g/mol. The molecule has 0 atom stereocenters. The summed E-state index contributed by atoms with van der Waals surface area (Å²) in [4.78, 5) is 12.1. The smallest absolute Gasteiger partial charge is 0.322 e. The van der Waals surface area contributed by atoms with Crippen molar-refractivity contribution in [1.82, 2.24) is 0 Å². The van der Waals surface area contributed by atoms with Gasteiger partial charge in [0.15, 0.2) is 0 Å². The SMILES string of the molecule is O=C(Nc1ccc(-c2ccccc2)c(C(F)(F)F)c1)c1ccccc1F. The van der Waals surface area contributed by atoms with Gasteiger partial charge in [-0.15, -0.1) is 0 Å². The highest BCUT2D eigenvalue weighted by atomic mass is 19.4. The van der Waals surface area contributed by atoms with Crippen LogP contribution in [0.25, 0.3) is 11.1 Å². The van der Waals surface area contributed by atoms with E-state index in [-0.39, 0.29) is 16.8 Å². The summed E-state index contributed by atoms with van der Waals surface area (Å²) in [6.45, 7) is 0. The van der Waals surface area contributed by atoms with Crippen LogP contribution in [-0.2, 0) is 6.18 Å². The summed E-state index contributed by atoms with van der Waals surface area (Å²) in [5.41, 5.74) is -0.776. The lowest BCUT2D eigenvalue weighted by Crippen LogP contribution is -2.15. The first kappa shape index (κ1) is 17.7. The Morgan fingerprint density at radius 1 is 0.846 bits per heavy atom. The van der Waals surface area contributed by atoms with Gasteiger partial charge in [-0.3, -0.25) is 4.79 Å². The van der Waals surface area contributed by atoms with Gasteiger partial charge in [0.2, 0.25) is 0 Å². The van der Waals surface area contributed by atoms with E-state index in [4.69, 9.17) is 0 Å². The van der Waals surface area contributed by atoms with E-state index in [0.717, 1.165) is 12.1 Å². The predicted molar refractivity (Wildman–Crippen MR) is 91.2 cm³/mol. The molecule has 0 aliphatic rings. The number of halogens is 4. The molecular formula is C20H13F4NO. The maximum Gasteiger partial charge on any atom is 0.417 e. The van der Waals surface area contributed by atoms with E-state index < -0.39 is 23.5 Å². The van der Waals surface area contributed by atoms with Crippen LogP contribution in [0.5, 0.6) is 0 Å². The van der Waals surface area contributed by atoms with E-state index in [1.54, 1.807) is 30.3 Å². The zero-order valence-corrected chi connectivity index (χ0v) is 13.3. The summed E-state index contributed by atoms with van der Waals surface area (Å²) in [5.74, 6) is -1.56. The zero-order valence-electron chi connectivity index (χ0n) is 13.3. The van der Waals surface area contributed by atoms with Crippen molar-refractivity contribution in [2.24, 2.45) is 0 Å². The number of amides is 1. The molecule has 1 N–H and O–H groups in total. The first-order chi connectivity index (χ1) is 12.4. The molecule has 0 aliphatic carbocycles. The second kappa shape index (κ2) is 7.00. The van der Waals surface area contributed by atoms with Crippen LogP contribution in [-0.4, -0.2) is 5.91 Å². The van der Waals surface area contributed by atoms with Crippen LogP contribution >= 0.6 is 0 Å². The monoisotopic (exact) mass is 359 g/mol. The number of hydrogen-bond acceptors (Lipinski definition) is 1. The van der Waals surface area contributed by atoms with Gasteiger partial charge in [0.25, 0.3) is 5.91 Å². The van der Waals surface area contributed by atoms with Crippen LogP contribution in [0, 0.1) is 5.82 Å². The lowest BCUT2D eigenvalue weighted by molar-refractivity contribution is -0.137. The summed E-state index contributed by atoms with van der Waals surface area (Å²) in [5, 5.41) is 2.31. The average molecular weight is 359 g/mol. The van der Waals surface area contributed by atoms with Crippen molar-refractivity contribution in [3.8, 4) is 11.1 Å². The molecule has 0 heterocycles. The average Bonchev–Trinajstić information content (AvgIpc) is 2.62. The van der Waals surface area contributed by atoms with Gasteiger partial charge < -0.3 is 5.32 Å². The maximum absolute atomic E-state index is 13.7. The molecule has 0 saturated heterocycles. The van der Waals surface area contributed by atoms with Gasteiger partial charge in [0.05, 0.1) is 11.1 Å². The van der Waals surface area contributed by atoms with Crippen molar-refractivity contribution < 1.29 is 22.4 Å². The second-order valence-corrected chi connectivity index (χ2v) is 5.56. The Labute approximate surface area is 147 Å². The van der Waals surface area contributed by atoms with Crippen LogP contribution in [0.1, 0.15) is 15.9 Å². The Morgan fingerprint density at radius 3 is 2.15 bits per heavy atom. The molecule has 26 heavy (non-hydrogen) atoms. The van der Waals surface area contributed by atoms with Gasteiger partial charge in [0, 0.05) is 5.69 Å². The molecule has 132 valence electrons. The van der Waals surface area contributed by atoms with E-state index in [2.05, 4.69) is 5.32 Å². The van der Waals surface area contributed by atoms with Gasteiger partial charge in [-0.05, 0) is 35.4 Å². The Morgan fingerprint density at radius 2 is 1.50 bits per heavy atom. The lowest BCUT2D eigenvalue weighted by Gasteiger charge is -2.15. The molecule has 0 bridgehead atoms. The number of carbonyl (C=O) groups is 1. The Hall–Kier alpha value is -3.15. The Bertz CT molecular complexity index is 936. The van der Waals surface area contributed by atoms with Crippen LogP contribution in [0.2, 0.25) is 0 Å². The third-order valence-corrected chi connectivity index (χ3v) is 3.79. The maximum atomic E-state index is 13.7. The molecule has 0 radical (unpaired) electrons. The molecule has 2 nitrogen and oxygen atoms in total. The van der Waals surface area contributed by atoms with Crippen molar-refractivity contribution in [2.45, 2.75) is 6.18 Å². The number of carbonyl (C=O) groups excluding carboxylic acids is 1. The minimum absolute atomic E-state index is 0.00184. The minimum atomic E-state index is -4.61. The molecule has 0 aliphatic heterocycles. The second-order valence-electron chi connectivity index (χ2n) is 5.56. The number of alkyl halides is 3. The fourth-order valence-electron chi connectivity index (χ4n) is 2.57. The standard InChI is InChI=1S/C20H13F4NO/c21-18-9-5-4-8-16(18)19(26)25-14-10-11-15(13-6-2-1-3-7-13)17(12-14)20(22,23)24/h1-12H,(H,25,26). The summed E-state index contributed by atoms with van der Waals surface area (Å²) in [6, 6.07) is 16.9. The topological polar surface area (TPSA) is 29.1 Å². The third-order valence-electron chi connectivity index (χ3n) is 3.79. The van der Waals surface area contributed by atoms with Crippen molar-refractivity contribution in [3.63, 3.8) is 0 Å². The predicted octanol–water partition coefficient (Wildman–Crippen LogP) is 5.76. The first-order valence-electron chi connectivity index (χ1n) is 7.69. The van der Waals surface area contributed by atoms with Crippen LogP contribution < -0.4 is 5.32 Å². The summed E-state index contributed by atoms with van der Waals surface area (Å²) in [6.07, 6.45) is -4.61. The highest BCUT2D eigenvalue weighted by Crippen LogP contribution is 2.38. The van der Waals surface area contributed by atoms with E-state index in [0.29, 0.717) is 5.56 Å². The normalized spacial score (nSPS) is 11.2. The van der Waals surface area contributed by atoms with Gasteiger partial charge >= 0.3 is 6.18 Å². The molecule has 3 rings (SSSR count). The van der Waals surface area contributed by atoms with Crippen molar-refractivity contribution >= 4 is 11.6 Å². The quantitative estimate of drug-likeness (QED) is 0.592.